The number of nitrogens with one attached hydrogen (secondary N) is 1. The first kappa shape index (κ1) is 15.0. The molecule has 2 amide bonds. The Balaban J connectivity index is 1.69. The predicted octanol–water partition coefficient (Wildman–Crippen LogP) is 2.97. The molecule has 3 heterocycles. The molecule has 1 N–H and O–H groups in total. The second-order valence-corrected chi connectivity index (χ2v) is 6.59. The van der Waals surface area contributed by atoms with Crippen molar-refractivity contribution in [3.63, 3.8) is 0 Å². The molecule has 0 saturated carbocycles. The molecular formula is C14H15N3O3S2. The molecule has 8 heteroatoms. The van der Waals surface area contributed by atoms with Crippen LogP contribution in [0.1, 0.15) is 27.9 Å². The maximum atomic E-state index is 12.4. The first-order chi connectivity index (χ1) is 10.7. The van der Waals surface area contributed by atoms with E-state index in [2.05, 4.69) is 10.3 Å². The Morgan fingerprint density at radius 1 is 1.50 bits per heavy atom. The first-order valence-corrected chi connectivity index (χ1v) is 8.67. The first-order valence-electron chi connectivity index (χ1n) is 6.91. The molecule has 0 aromatic carbocycles. The lowest BCUT2D eigenvalue weighted by atomic mass is 10.1. The molecule has 1 aliphatic heterocycles. The lowest BCUT2D eigenvalue weighted by molar-refractivity contribution is 0.0736. The molecule has 2 aromatic heterocycles. The van der Waals surface area contributed by atoms with E-state index in [0.29, 0.717) is 31.2 Å². The quantitative estimate of drug-likeness (QED) is 0.935. The summed E-state index contributed by atoms with van der Waals surface area (Å²) in [5.41, 5.74) is 1.68. The number of ether oxygens (including phenoxy) is 1. The highest BCUT2D eigenvalue weighted by Crippen LogP contribution is 2.29. The molecule has 1 aliphatic rings. The summed E-state index contributed by atoms with van der Waals surface area (Å²) in [5.74, 6) is 0.0419. The Bertz CT molecular complexity index is 682. The number of hydrogen-bond donors (Lipinski definition) is 1. The summed E-state index contributed by atoms with van der Waals surface area (Å²) in [4.78, 5) is 31.0. The molecule has 0 aliphatic carbocycles. The average Bonchev–Trinajstić information content (AvgIpc) is 3.14. The summed E-state index contributed by atoms with van der Waals surface area (Å²) in [6.07, 6.45) is 0.200. The second kappa shape index (κ2) is 6.45. The van der Waals surface area contributed by atoms with Gasteiger partial charge in [-0.25, -0.2) is 9.78 Å². The van der Waals surface area contributed by atoms with Crippen molar-refractivity contribution in [2.75, 3.05) is 18.5 Å². The minimum atomic E-state index is -0.500. The molecule has 0 radical (unpaired) electrons. The van der Waals surface area contributed by atoms with Crippen LogP contribution in [-0.2, 0) is 17.7 Å². The maximum Gasteiger partial charge on any atom is 0.413 e. The number of thiazole rings is 1. The van der Waals surface area contributed by atoms with Gasteiger partial charge in [-0.2, -0.15) is 11.3 Å². The molecular weight excluding hydrogens is 322 g/mol. The van der Waals surface area contributed by atoms with Gasteiger partial charge in [-0.05, 0) is 18.4 Å². The number of hydrogen-bond acceptors (Lipinski definition) is 6. The summed E-state index contributed by atoms with van der Waals surface area (Å²) >= 11 is 2.91. The molecule has 0 atom stereocenters. The van der Waals surface area contributed by atoms with Crippen LogP contribution in [0.25, 0.3) is 0 Å². The Labute approximate surface area is 135 Å². The van der Waals surface area contributed by atoms with Crippen LogP contribution in [0.5, 0.6) is 0 Å². The number of thiophene rings is 1. The molecule has 0 saturated heterocycles. The lowest BCUT2D eigenvalue weighted by Gasteiger charge is -2.25. The summed E-state index contributed by atoms with van der Waals surface area (Å²) in [6.45, 7) is 3.25. The highest BCUT2D eigenvalue weighted by molar-refractivity contribution is 7.15. The van der Waals surface area contributed by atoms with Gasteiger partial charge in [0.1, 0.15) is 0 Å². The van der Waals surface area contributed by atoms with Crippen molar-refractivity contribution in [3.05, 3.63) is 33.0 Å². The van der Waals surface area contributed by atoms with Crippen LogP contribution in [0.15, 0.2) is 16.8 Å². The monoisotopic (exact) mass is 337 g/mol. The zero-order valence-electron chi connectivity index (χ0n) is 12.0. The van der Waals surface area contributed by atoms with Gasteiger partial charge in [0.05, 0.1) is 24.4 Å². The number of aromatic nitrogens is 1. The molecule has 22 heavy (non-hydrogen) atoms. The molecule has 0 spiro atoms. The minimum absolute atomic E-state index is 0.0419. The molecule has 0 fully saturated rings. The van der Waals surface area contributed by atoms with E-state index in [-0.39, 0.29) is 5.91 Å². The molecule has 0 unspecified atom stereocenters. The molecule has 116 valence electrons. The predicted molar refractivity (Wildman–Crippen MR) is 85.5 cm³/mol. The van der Waals surface area contributed by atoms with E-state index in [9.17, 15) is 9.59 Å². The zero-order chi connectivity index (χ0) is 15.5. The van der Waals surface area contributed by atoms with E-state index < -0.39 is 6.09 Å². The van der Waals surface area contributed by atoms with Gasteiger partial charge in [0.25, 0.3) is 5.91 Å². The van der Waals surface area contributed by atoms with Gasteiger partial charge in [-0.15, -0.1) is 0 Å². The van der Waals surface area contributed by atoms with Crippen molar-refractivity contribution in [2.24, 2.45) is 0 Å². The van der Waals surface area contributed by atoms with Crippen LogP contribution in [0.2, 0.25) is 0 Å². The van der Waals surface area contributed by atoms with Crippen molar-refractivity contribution in [2.45, 2.75) is 19.9 Å². The van der Waals surface area contributed by atoms with Crippen molar-refractivity contribution >= 4 is 39.8 Å². The van der Waals surface area contributed by atoms with Gasteiger partial charge in [0.15, 0.2) is 5.13 Å². The number of carbonyl (C=O) groups is 2. The van der Waals surface area contributed by atoms with Crippen LogP contribution in [0.4, 0.5) is 9.93 Å². The standard InChI is InChI=1S/C14H15N3O3S2/c1-2-20-14(19)16-13-15-10-3-5-17(7-11(10)22-13)12(18)9-4-6-21-8-9/h4,6,8H,2-3,5,7H2,1H3,(H,15,16,19). The third-order valence-corrected chi connectivity index (χ3v) is 4.95. The van der Waals surface area contributed by atoms with Gasteiger partial charge in [0.2, 0.25) is 0 Å². The van der Waals surface area contributed by atoms with Crippen LogP contribution >= 0.6 is 22.7 Å². The lowest BCUT2D eigenvalue weighted by Crippen LogP contribution is -2.35. The van der Waals surface area contributed by atoms with Crippen LogP contribution in [0, 0.1) is 0 Å². The smallest absolute Gasteiger partial charge is 0.413 e. The van der Waals surface area contributed by atoms with Crippen molar-refractivity contribution < 1.29 is 14.3 Å². The van der Waals surface area contributed by atoms with Crippen LogP contribution in [-0.4, -0.2) is 35.0 Å². The molecule has 2 aromatic rings. The Hall–Kier alpha value is -1.93. The third kappa shape index (κ3) is 3.12. The molecule has 0 bridgehead atoms. The van der Waals surface area contributed by atoms with E-state index in [0.717, 1.165) is 16.1 Å². The fourth-order valence-electron chi connectivity index (χ4n) is 2.25. The average molecular weight is 337 g/mol. The summed E-state index contributed by atoms with van der Waals surface area (Å²) in [7, 11) is 0. The third-order valence-electron chi connectivity index (χ3n) is 3.27. The van der Waals surface area contributed by atoms with E-state index >= 15 is 0 Å². The van der Waals surface area contributed by atoms with Crippen LogP contribution < -0.4 is 5.32 Å². The van der Waals surface area contributed by atoms with Crippen molar-refractivity contribution in [1.82, 2.24) is 9.88 Å². The van der Waals surface area contributed by atoms with Gasteiger partial charge in [-0.3, -0.25) is 10.1 Å². The van der Waals surface area contributed by atoms with Crippen molar-refractivity contribution in [1.29, 1.82) is 0 Å². The van der Waals surface area contributed by atoms with E-state index in [1.54, 1.807) is 6.92 Å². The summed E-state index contributed by atoms with van der Waals surface area (Å²) in [6, 6.07) is 1.84. The fraction of sp³-hybridized carbons (Fsp3) is 0.357. The summed E-state index contributed by atoms with van der Waals surface area (Å²) < 4.78 is 4.84. The van der Waals surface area contributed by atoms with Crippen molar-refractivity contribution in [3.8, 4) is 0 Å². The zero-order valence-corrected chi connectivity index (χ0v) is 13.6. The molecule has 6 nitrogen and oxygen atoms in total. The SMILES string of the molecule is CCOC(=O)Nc1nc2c(s1)CN(C(=O)c1ccsc1)CC2. The Morgan fingerprint density at radius 2 is 2.36 bits per heavy atom. The maximum absolute atomic E-state index is 12.4. The number of anilines is 1. The number of nitrogens with zero attached hydrogens (tertiary/aromatic N) is 2. The van der Waals surface area contributed by atoms with Gasteiger partial charge < -0.3 is 9.64 Å². The number of amides is 2. The second-order valence-electron chi connectivity index (χ2n) is 4.72. The normalized spacial score (nSPS) is 13.6. The Kier molecular flexibility index (Phi) is 4.39. The van der Waals surface area contributed by atoms with E-state index in [4.69, 9.17) is 4.74 Å². The minimum Gasteiger partial charge on any atom is -0.450 e. The molecule has 3 rings (SSSR count). The largest absolute Gasteiger partial charge is 0.450 e. The fourth-order valence-corrected chi connectivity index (χ4v) is 3.88. The number of rotatable bonds is 3. The van der Waals surface area contributed by atoms with E-state index in [1.165, 1.54) is 22.7 Å². The topological polar surface area (TPSA) is 71.5 Å². The number of fused-ring (bicyclic) bond motifs is 1. The van der Waals surface area contributed by atoms with Gasteiger partial charge in [0, 0.05) is 23.2 Å². The van der Waals surface area contributed by atoms with Gasteiger partial charge >= 0.3 is 6.09 Å². The van der Waals surface area contributed by atoms with E-state index in [1.807, 2.05) is 21.7 Å². The highest BCUT2D eigenvalue weighted by Gasteiger charge is 2.25. The highest BCUT2D eigenvalue weighted by atomic mass is 32.1. The van der Waals surface area contributed by atoms with Crippen LogP contribution in [0.3, 0.4) is 0 Å². The Morgan fingerprint density at radius 3 is 3.09 bits per heavy atom. The van der Waals surface area contributed by atoms with Gasteiger partial charge in [-0.1, -0.05) is 11.3 Å². The summed E-state index contributed by atoms with van der Waals surface area (Å²) in [5, 5.41) is 6.90. The number of carbonyl (C=O) groups excluding carboxylic acids is 2.